The molecule has 2 N–H and O–H groups in total. The summed E-state index contributed by atoms with van der Waals surface area (Å²) < 4.78 is 5.32. The Morgan fingerprint density at radius 2 is 1.93 bits per heavy atom. The average Bonchev–Trinajstić information content (AvgIpc) is 3.24. The maximum atomic E-state index is 12.4. The molecule has 0 unspecified atom stereocenters. The zero-order valence-electron chi connectivity index (χ0n) is 17.1. The maximum Gasteiger partial charge on any atom is 0.238 e. The molecule has 2 fully saturated rings. The van der Waals surface area contributed by atoms with Crippen molar-refractivity contribution in [1.82, 2.24) is 9.88 Å². The highest BCUT2D eigenvalue weighted by molar-refractivity contribution is 7.14. The van der Waals surface area contributed by atoms with Crippen molar-refractivity contribution in [2.75, 3.05) is 43.5 Å². The quantitative estimate of drug-likeness (QED) is 0.735. The molecule has 0 spiro atoms. The van der Waals surface area contributed by atoms with Crippen LogP contribution in [0.3, 0.4) is 0 Å². The van der Waals surface area contributed by atoms with E-state index in [0.717, 1.165) is 55.7 Å². The molecule has 1 aromatic heterocycles. The number of amides is 2. The van der Waals surface area contributed by atoms with Crippen LogP contribution >= 0.6 is 11.3 Å². The Labute approximate surface area is 180 Å². The molecule has 1 aliphatic carbocycles. The highest BCUT2D eigenvalue weighted by Crippen LogP contribution is 2.29. The van der Waals surface area contributed by atoms with Gasteiger partial charge in [-0.05, 0) is 25.0 Å². The van der Waals surface area contributed by atoms with Crippen molar-refractivity contribution in [2.45, 2.75) is 32.1 Å². The number of nitrogens with zero attached hydrogens (tertiary/aromatic N) is 2. The molecule has 8 heteroatoms. The summed E-state index contributed by atoms with van der Waals surface area (Å²) in [5.74, 6) is 0.156. The molecule has 1 aliphatic heterocycles. The third kappa shape index (κ3) is 5.65. The summed E-state index contributed by atoms with van der Waals surface area (Å²) in [7, 11) is 0. The number of carbonyl (C=O) groups is 2. The van der Waals surface area contributed by atoms with Crippen molar-refractivity contribution in [3.63, 3.8) is 0 Å². The first-order chi connectivity index (χ1) is 14.7. The van der Waals surface area contributed by atoms with E-state index in [1.807, 2.05) is 29.6 Å². The number of morpholine rings is 1. The number of ether oxygens (including phenoxy) is 1. The van der Waals surface area contributed by atoms with Crippen molar-refractivity contribution < 1.29 is 14.3 Å². The van der Waals surface area contributed by atoms with Gasteiger partial charge in [-0.3, -0.25) is 14.5 Å². The lowest BCUT2D eigenvalue weighted by Crippen LogP contribution is -2.41. The van der Waals surface area contributed by atoms with E-state index in [0.29, 0.717) is 24.9 Å². The molecule has 30 heavy (non-hydrogen) atoms. The molecule has 4 rings (SSSR count). The van der Waals surface area contributed by atoms with Crippen molar-refractivity contribution >= 4 is 34.0 Å². The van der Waals surface area contributed by atoms with Gasteiger partial charge in [-0.15, -0.1) is 11.3 Å². The lowest BCUT2D eigenvalue weighted by atomic mass is 9.89. The summed E-state index contributed by atoms with van der Waals surface area (Å²) in [4.78, 5) is 31.5. The number of carbonyl (C=O) groups excluding carboxylic acids is 2. The van der Waals surface area contributed by atoms with Crippen LogP contribution in [-0.2, 0) is 14.3 Å². The second kappa shape index (κ2) is 10.1. The number of hydrogen-bond donors (Lipinski definition) is 2. The average molecular weight is 429 g/mol. The molecule has 1 saturated carbocycles. The molecule has 0 radical (unpaired) electrons. The summed E-state index contributed by atoms with van der Waals surface area (Å²) >= 11 is 1.43. The lowest BCUT2D eigenvalue weighted by molar-refractivity contribution is -0.121. The van der Waals surface area contributed by atoms with Crippen LogP contribution in [0.5, 0.6) is 0 Å². The molecule has 1 saturated heterocycles. The molecular formula is C22H28N4O3S. The van der Waals surface area contributed by atoms with Gasteiger partial charge in [0, 0.05) is 35.6 Å². The van der Waals surface area contributed by atoms with Crippen LogP contribution in [0.2, 0.25) is 0 Å². The lowest BCUT2D eigenvalue weighted by Gasteiger charge is -2.25. The first kappa shape index (κ1) is 21.0. The minimum Gasteiger partial charge on any atom is -0.379 e. The first-order valence-corrected chi connectivity index (χ1v) is 11.5. The van der Waals surface area contributed by atoms with Gasteiger partial charge < -0.3 is 15.4 Å². The Kier molecular flexibility index (Phi) is 7.09. The SMILES string of the molecule is O=C(CN1CCOCC1)Nc1cccc(-c2csc(NC(=O)C3CCCCC3)n2)c1. The minimum absolute atomic E-state index is 0.0345. The number of benzene rings is 1. The molecular weight excluding hydrogens is 400 g/mol. The first-order valence-electron chi connectivity index (χ1n) is 10.6. The zero-order valence-corrected chi connectivity index (χ0v) is 17.9. The second-order valence-corrected chi connectivity index (χ2v) is 8.74. The monoisotopic (exact) mass is 428 g/mol. The van der Waals surface area contributed by atoms with Gasteiger partial charge in [0.05, 0.1) is 25.5 Å². The fourth-order valence-corrected chi connectivity index (χ4v) is 4.68. The molecule has 7 nitrogen and oxygen atoms in total. The van der Waals surface area contributed by atoms with Crippen LogP contribution in [0, 0.1) is 5.92 Å². The maximum absolute atomic E-state index is 12.4. The van der Waals surface area contributed by atoms with E-state index < -0.39 is 0 Å². The van der Waals surface area contributed by atoms with Gasteiger partial charge in [0.15, 0.2) is 5.13 Å². The van der Waals surface area contributed by atoms with Gasteiger partial charge in [-0.2, -0.15) is 0 Å². The van der Waals surface area contributed by atoms with Crippen LogP contribution in [0.1, 0.15) is 32.1 Å². The number of hydrogen-bond acceptors (Lipinski definition) is 6. The fourth-order valence-electron chi connectivity index (χ4n) is 3.96. The van der Waals surface area contributed by atoms with Crippen LogP contribution in [0.25, 0.3) is 11.3 Å². The molecule has 0 bridgehead atoms. The topological polar surface area (TPSA) is 83.6 Å². The van der Waals surface area contributed by atoms with E-state index >= 15 is 0 Å². The Morgan fingerprint density at radius 1 is 1.13 bits per heavy atom. The molecule has 1 aromatic carbocycles. The van der Waals surface area contributed by atoms with E-state index in [-0.39, 0.29) is 17.7 Å². The van der Waals surface area contributed by atoms with Gasteiger partial charge >= 0.3 is 0 Å². The number of rotatable bonds is 6. The summed E-state index contributed by atoms with van der Waals surface area (Å²) in [6, 6.07) is 7.65. The van der Waals surface area contributed by atoms with E-state index in [1.165, 1.54) is 17.8 Å². The van der Waals surface area contributed by atoms with Gasteiger partial charge in [0.25, 0.3) is 0 Å². The standard InChI is InChI=1S/C22H28N4O3S/c27-20(14-26-9-11-29-12-10-26)23-18-8-4-7-17(13-18)19-15-30-22(24-19)25-21(28)16-5-2-1-3-6-16/h4,7-8,13,15-16H,1-3,5-6,9-12,14H2,(H,23,27)(H,24,25,28). The van der Waals surface area contributed by atoms with E-state index in [9.17, 15) is 9.59 Å². The summed E-state index contributed by atoms with van der Waals surface area (Å²) in [6.07, 6.45) is 5.42. The normalized spacial score (nSPS) is 18.1. The van der Waals surface area contributed by atoms with Crippen LogP contribution in [0.15, 0.2) is 29.6 Å². The predicted molar refractivity (Wildman–Crippen MR) is 119 cm³/mol. The second-order valence-electron chi connectivity index (χ2n) is 7.88. The van der Waals surface area contributed by atoms with Gasteiger partial charge in [-0.1, -0.05) is 31.4 Å². The summed E-state index contributed by atoms with van der Waals surface area (Å²) in [5, 5.41) is 8.51. The minimum atomic E-state index is -0.0345. The number of aromatic nitrogens is 1. The third-order valence-corrected chi connectivity index (χ3v) is 6.38. The fraction of sp³-hybridized carbons (Fsp3) is 0.500. The molecule has 2 heterocycles. The Balaban J connectivity index is 1.35. The third-order valence-electron chi connectivity index (χ3n) is 5.62. The number of thiazole rings is 1. The zero-order chi connectivity index (χ0) is 20.8. The van der Waals surface area contributed by atoms with Crippen molar-refractivity contribution in [2.24, 2.45) is 5.92 Å². The summed E-state index contributed by atoms with van der Waals surface area (Å²) in [5.41, 5.74) is 2.45. The highest BCUT2D eigenvalue weighted by Gasteiger charge is 2.22. The van der Waals surface area contributed by atoms with Gasteiger partial charge in [-0.25, -0.2) is 4.98 Å². The summed E-state index contributed by atoms with van der Waals surface area (Å²) in [6.45, 7) is 3.27. The van der Waals surface area contributed by atoms with Crippen LogP contribution < -0.4 is 10.6 Å². The van der Waals surface area contributed by atoms with Crippen molar-refractivity contribution in [1.29, 1.82) is 0 Å². The van der Waals surface area contributed by atoms with E-state index in [4.69, 9.17) is 4.74 Å². The van der Waals surface area contributed by atoms with Gasteiger partial charge in [0.2, 0.25) is 11.8 Å². The van der Waals surface area contributed by atoms with E-state index in [1.54, 1.807) is 0 Å². The Bertz CT molecular complexity index is 873. The smallest absolute Gasteiger partial charge is 0.238 e. The van der Waals surface area contributed by atoms with Crippen molar-refractivity contribution in [3.8, 4) is 11.3 Å². The largest absolute Gasteiger partial charge is 0.379 e. The number of nitrogens with one attached hydrogen (secondary N) is 2. The van der Waals surface area contributed by atoms with Crippen LogP contribution in [0.4, 0.5) is 10.8 Å². The molecule has 0 atom stereocenters. The van der Waals surface area contributed by atoms with E-state index in [2.05, 4.69) is 20.5 Å². The molecule has 2 aliphatic rings. The van der Waals surface area contributed by atoms with Crippen LogP contribution in [-0.4, -0.2) is 54.5 Å². The number of anilines is 2. The molecule has 2 aromatic rings. The molecule has 2 amide bonds. The Morgan fingerprint density at radius 3 is 2.73 bits per heavy atom. The Hall–Kier alpha value is -2.29. The highest BCUT2D eigenvalue weighted by atomic mass is 32.1. The predicted octanol–water partition coefficient (Wildman–Crippen LogP) is 3.60. The van der Waals surface area contributed by atoms with Gasteiger partial charge in [0.1, 0.15) is 0 Å². The van der Waals surface area contributed by atoms with Crippen molar-refractivity contribution in [3.05, 3.63) is 29.6 Å². The molecule has 160 valence electrons.